The molecular formula is C11H20N4OS. The first kappa shape index (κ1) is 13.8. The summed E-state index contributed by atoms with van der Waals surface area (Å²) in [6.07, 6.45) is 3.31. The highest BCUT2D eigenvalue weighted by atomic mass is 32.1. The monoisotopic (exact) mass is 256 g/mol. The minimum atomic E-state index is -0.0439. The van der Waals surface area contributed by atoms with Gasteiger partial charge in [-0.25, -0.2) is 4.98 Å². The molecule has 0 aliphatic carbocycles. The number of hydrogen-bond donors (Lipinski definition) is 2. The summed E-state index contributed by atoms with van der Waals surface area (Å²) in [7, 11) is 3.56. The molecule has 1 aromatic heterocycles. The number of nitrogen functional groups attached to an aromatic ring is 1. The number of thiazole rings is 1. The first-order valence-electron chi connectivity index (χ1n) is 5.79. The predicted octanol–water partition coefficient (Wildman–Crippen LogP) is 2.03. The van der Waals surface area contributed by atoms with Crippen molar-refractivity contribution in [3.05, 3.63) is 4.88 Å². The molecule has 0 aliphatic heterocycles. The van der Waals surface area contributed by atoms with Gasteiger partial charge in [-0.1, -0.05) is 31.1 Å². The lowest BCUT2D eigenvalue weighted by Crippen LogP contribution is -2.27. The number of unbranched alkanes of at least 4 members (excludes halogenated alkanes) is 2. The second-order valence-corrected chi connectivity index (χ2v) is 4.92. The summed E-state index contributed by atoms with van der Waals surface area (Å²) in [5.41, 5.74) is 5.72. The summed E-state index contributed by atoms with van der Waals surface area (Å²) in [6, 6.07) is 0. The molecule has 6 heteroatoms. The van der Waals surface area contributed by atoms with E-state index in [1.807, 2.05) is 0 Å². The molecule has 0 aliphatic rings. The van der Waals surface area contributed by atoms with Crippen LogP contribution in [0.1, 0.15) is 35.9 Å². The van der Waals surface area contributed by atoms with Crippen LogP contribution >= 0.6 is 11.3 Å². The molecule has 96 valence electrons. The largest absolute Gasteiger partial charge is 0.382 e. The van der Waals surface area contributed by atoms with E-state index in [1.54, 1.807) is 19.0 Å². The predicted molar refractivity (Wildman–Crippen MR) is 72.6 cm³/mol. The summed E-state index contributed by atoms with van der Waals surface area (Å²) < 4.78 is 0. The highest BCUT2D eigenvalue weighted by molar-refractivity contribution is 7.18. The average molecular weight is 256 g/mol. The van der Waals surface area contributed by atoms with E-state index in [0.29, 0.717) is 15.8 Å². The van der Waals surface area contributed by atoms with Crippen LogP contribution in [0.2, 0.25) is 0 Å². The maximum Gasteiger partial charge on any atom is 0.267 e. The van der Waals surface area contributed by atoms with Gasteiger partial charge >= 0.3 is 0 Å². The number of carbonyl (C=O) groups excluding carboxylic acids is 1. The normalized spacial score (nSPS) is 10.3. The van der Waals surface area contributed by atoms with Crippen molar-refractivity contribution >= 4 is 28.2 Å². The lowest BCUT2D eigenvalue weighted by molar-refractivity contribution is 0.0798. The molecule has 0 atom stereocenters. The zero-order chi connectivity index (χ0) is 12.8. The van der Waals surface area contributed by atoms with E-state index < -0.39 is 0 Å². The van der Waals surface area contributed by atoms with Crippen LogP contribution in [0.4, 0.5) is 10.9 Å². The molecule has 0 fully saturated rings. The van der Waals surface area contributed by atoms with Crippen molar-refractivity contribution in [2.45, 2.75) is 26.2 Å². The third kappa shape index (κ3) is 3.59. The standard InChI is InChI=1S/C11H20N4OS/c1-4-5-6-7-15(3)10(16)8-9(12)14-11(13-2)17-8/h4-7,12H2,1-3H3,(H,13,14). The molecule has 1 amide bonds. The third-order valence-electron chi connectivity index (χ3n) is 2.51. The molecule has 3 N–H and O–H groups in total. The van der Waals surface area contributed by atoms with Gasteiger partial charge in [-0.05, 0) is 6.42 Å². The van der Waals surface area contributed by atoms with Crippen LogP contribution in [0.5, 0.6) is 0 Å². The quantitative estimate of drug-likeness (QED) is 0.764. The number of anilines is 2. The van der Waals surface area contributed by atoms with Crippen molar-refractivity contribution in [3.63, 3.8) is 0 Å². The summed E-state index contributed by atoms with van der Waals surface area (Å²) >= 11 is 1.30. The van der Waals surface area contributed by atoms with Crippen LogP contribution in [-0.2, 0) is 0 Å². The molecular weight excluding hydrogens is 236 g/mol. The fraction of sp³-hybridized carbons (Fsp3) is 0.636. The zero-order valence-corrected chi connectivity index (χ0v) is 11.4. The first-order valence-corrected chi connectivity index (χ1v) is 6.61. The van der Waals surface area contributed by atoms with E-state index in [4.69, 9.17) is 5.73 Å². The maximum atomic E-state index is 12.1. The first-order chi connectivity index (χ1) is 8.10. The van der Waals surface area contributed by atoms with Gasteiger partial charge in [0.2, 0.25) is 0 Å². The Morgan fingerprint density at radius 1 is 1.53 bits per heavy atom. The lowest BCUT2D eigenvalue weighted by Gasteiger charge is -2.15. The number of rotatable bonds is 6. The van der Waals surface area contributed by atoms with Gasteiger partial charge in [0.1, 0.15) is 10.7 Å². The molecule has 0 aromatic carbocycles. The van der Waals surface area contributed by atoms with Gasteiger partial charge in [-0.2, -0.15) is 0 Å². The maximum absolute atomic E-state index is 12.1. The Balaban J connectivity index is 2.64. The third-order valence-corrected chi connectivity index (χ3v) is 3.58. The van der Waals surface area contributed by atoms with E-state index in [1.165, 1.54) is 11.3 Å². The number of aromatic nitrogens is 1. The Kier molecular flexibility index (Phi) is 5.21. The van der Waals surface area contributed by atoms with Gasteiger partial charge in [0, 0.05) is 20.6 Å². The fourth-order valence-corrected chi connectivity index (χ4v) is 2.30. The molecule has 0 bridgehead atoms. The second-order valence-electron chi connectivity index (χ2n) is 3.92. The molecule has 5 nitrogen and oxygen atoms in total. The Hall–Kier alpha value is -1.30. The Labute approximate surface area is 106 Å². The summed E-state index contributed by atoms with van der Waals surface area (Å²) in [4.78, 5) is 18.4. The van der Waals surface area contributed by atoms with Crippen molar-refractivity contribution in [2.75, 3.05) is 31.7 Å². The van der Waals surface area contributed by atoms with Crippen molar-refractivity contribution in [1.82, 2.24) is 9.88 Å². The number of amides is 1. The molecule has 17 heavy (non-hydrogen) atoms. The Morgan fingerprint density at radius 3 is 2.76 bits per heavy atom. The summed E-state index contributed by atoms with van der Waals surface area (Å²) in [6.45, 7) is 2.90. The fourth-order valence-electron chi connectivity index (χ4n) is 1.47. The zero-order valence-electron chi connectivity index (χ0n) is 10.6. The molecule has 1 heterocycles. The van der Waals surface area contributed by atoms with Crippen LogP contribution in [0.3, 0.4) is 0 Å². The molecule has 0 spiro atoms. The number of hydrogen-bond acceptors (Lipinski definition) is 5. The highest BCUT2D eigenvalue weighted by Gasteiger charge is 2.18. The topological polar surface area (TPSA) is 71.2 Å². The lowest BCUT2D eigenvalue weighted by atomic mass is 10.2. The van der Waals surface area contributed by atoms with Crippen LogP contribution in [0, 0.1) is 0 Å². The van der Waals surface area contributed by atoms with Crippen LogP contribution in [-0.4, -0.2) is 36.4 Å². The molecule has 1 rings (SSSR count). The van der Waals surface area contributed by atoms with Gasteiger partial charge in [-0.3, -0.25) is 4.79 Å². The molecule has 1 aromatic rings. The highest BCUT2D eigenvalue weighted by Crippen LogP contribution is 2.25. The van der Waals surface area contributed by atoms with Crippen molar-refractivity contribution in [1.29, 1.82) is 0 Å². The van der Waals surface area contributed by atoms with Gasteiger partial charge in [0.05, 0.1) is 0 Å². The smallest absolute Gasteiger partial charge is 0.267 e. The van der Waals surface area contributed by atoms with Crippen LogP contribution in [0.25, 0.3) is 0 Å². The van der Waals surface area contributed by atoms with Gasteiger partial charge in [0.25, 0.3) is 5.91 Å². The number of nitrogens with two attached hydrogens (primary N) is 1. The minimum absolute atomic E-state index is 0.0439. The van der Waals surface area contributed by atoms with Gasteiger partial charge < -0.3 is 16.0 Å². The van der Waals surface area contributed by atoms with Crippen molar-refractivity contribution < 1.29 is 4.79 Å². The van der Waals surface area contributed by atoms with Crippen molar-refractivity contribution in [2.24, 2.45) is 0 Å². The average Bonchev–Trinajstić information content (AvgIpc) is 2.69. The molecule has 0 radical (unpaired) electrons. The van der Waals surface area contributed by atoms with E-state index in [0.717, 1.165) is 25.8 Å². The number of carbonyl (C=O) groups is 1. The minimum Gasteiger partial charge on any atom is -0.382 e. The summed E-state index contributed by atoms with van der Waals surface area (Å²) in [5.74, 6) is 0.268. The SMILES string of the molecule is CCCCCN(C)C(=O)c1sc(NC)nc1N. The number of nitrogens with zero attached hydrogens (tertiary/aromatic N) is 2. The Morgan fingerprint density at radius 2 is 2.24 bits per heavy atom. The van der Waals surface area contributed by atoms with E-state index in [2.05, 4.69) is 17.2 Å². The summed E-state index contributed by atoms with van der Waals surface area (Å²) in [5, 5.41) is 3.56. The van der Waals surface area contributed by atoms with Gasteiger partial charge in [0.15, 0.2) is 5.13 Å². The molecule has 0 unspecified atom stereocenters. The van der Waals surface area contributed by atoms with Crippen LogP contribution < -0.4 is 11.1 Å². The van der Waals surface area contributed by atoms with E-state index in [9.17, 15) is 4.79 Å². The molecule has 0 saturated carbocycles. The van der Waals surface area contributed by atoms with Gasteiger partial charge in [-0.15, -0.1) is 0 Å². The Bertz CT molecular complexity index is 378. The number of nitrogens with one attached hydrogen (secondary N) is 1. The van der Waals surface area contributed by atoms with E-state index >= 15 is 0 Å². The van der Waals surface area contributed by atoms with E-state index in [-0.39, 0.29) is 5.91 Å². The molecule has 0 saturated heterocycles. The van der Waals surface area contributed by atoms with Crippen LogP contribution in [0.15, 0.2) is 0 Å². The van der Waals surface area contributed by atoms with Crippen molar-refractivity contribution in [3.8, 4) is 0 Å². The second kappa shape index (κ2) is 6.44.